The Hall–Kier alpha value is -2.49. The molecule has 1 heterocycles. The van der Waals surface area contributed by atoms with Gasteiger partial charge in [0.2, 0.25) is 5.91 Å². The van der Waals surface area contributed by atoms with Crippen LogP contribution in [-0.2, 0) is 11.0 Å². The minimum Gasteiger partial charge on any atom is -0.350 e. The van der Waals surface area contributed by atoms with Crippen LogP contribution in [0.2, 0.25) is 0 Å². The highest BCUT2D eigenvalue weighted by Crippen LogP contribution is 2.32. The van der Waals surface area contributed by atoms with Gasteiger partial charge in [0.25, 0.3) is 5.91 Å². The fraction of sp³-hybridized carbons (Fsp3) is 0.375. The van der Waals surface area contributed by atoms with Gasteiger partial charge in [0.05, 0.1) is 5.56 Å². The van der Waals surface area contributed by atoms with E-state index >= 15 is 0 Å². The molecule has 26 heavy (non-hydrogen) atoms. The number of nitrogens with zero attached hydrogens (tertiary/aromatic N) is 3. The summed E-state index contributed by atoms with van der Waals surface area (Å²) >= 11 is 0.928. The molecule has 0 aliphatic carbocycles. The molecule has 0 fully saturated rings. The van der Waals surface area contributed by atoms with E-state index in [1.807, 2.05) is 0 Å². The molecule has 0 bridgehead atoms. The van der Waals surface area contributed by atoms with Crippen molar-refractivity contribution >= 4 is 29.0 Å². The standard InChI is InChI=1S/C16H17F3N4O2S/c1-15(2,3)20-13(24)8-23(14(25)12-9-26-22-21-12)11-6-4-5-10(7-11)16(17,18)19/h4-7,9H,8H2,1-3H3,(H,20,24). The highest BCUT2D eigenvalue weighted by atomic mass is 32.1. The number of alkyl halides is 3. The molecular formula is C16H17F3N4O2S. The Bertz CT molecular complexity index is 786. The molecule has 0 saturated heterocycles. The van der Waals surface area contributed by atoms with E-state index in [0.717, 1.165) is 28.6 Å². The van der Waals surface area contributed by atoms with E-state index in [-0.39, 0.29) is 11.4 Å². The largest absolute Gasteiger partial charge is 0.416 e. The number of aromatic nitrogens is 2. The number of rotatable bonds is 4. The number of anilines is 1. The van der Waals surface area contributed by atoms with Gasteiger partial charge in [-0.2, -0.15) is 13.2 Å². The van der Waals surface area contributed by atoms with Crippen molar-refractivity contribution < 1.29 is 22.8 Å². The Morgan fingerprint density at radius 1 is 1.23 bits per heavy atom. The summed E-state index contributed by atoms with van der Waals surface area (Å²) in [5.74, 6) is -1.21. The lowest BCUT2D eigenvalue weighted by Crippen LogP contribution is -2.47. The second kappa shape index (κ2) is 7.40. The molecule has 1 aromatic carbocycles. The van der Waals surface area contributed by atoms with Crippen LogP contribution in [0.3, 0.4) is 0 Å². The predicted octanol–water partition coefficient (Wildman–Crippen LogP) is 3.12. The molecule has 2 aromatic rings. The first kappa shape index (κ1) is 19.8. The summed E-state index contributed by atoms with van der Waals surface area (Å²) in [6.07, 6.45) is -4.57. The maximum Gasteiger partial charge on any atom is 0.416 e. The zero-order valence-electron chi connectivity index (χ0n) is 14.3. The van der Waals surface area contributed by atoms with Crippen LogP contribution in [-0.4, -0.2) is 33.5 Å². The number of hydrogen-bond acceptors (Lipinski definition) is 5. The van der Waals surface area contributed by atoms with E-state index in [2.05, 4.69) is 14.9 Å². The van der Waals surface area contributed by atoms with Crippen molar-refractivity contribution in [3.05, 3.63) is 40.9 Å². The highest BCUT2D eigenvalue weighted by molar-refractivity contribution is 7.03. The molecule has 0 aliphatic rings. The molecule has 0 saturated carbocycles. The maximum atomic E-state index is 13.0. The lowest BCUT2D eigenvalue weighted by atomic mass is 10.1. The van der Waals surface area contributed by atoms with Gasteiger partial charge in [-0.1, -0.05) is 10.6 Å². The molecule has 0 radical (unpaired) electrons. The van der Waals surface area contributed by atoms with Crippen molar-refractivity contribution in [2.24, 2.45) is 0 Å². The van der Waals surface area contributed by atoms with E-state index in [9.17, 15) is 22.8 Å². The average molecular weight is 386 g/mol. The molecule has 0 aliphatic heterocycles. The van der Waals surface area contributed by atoms with Crippen molar-refractivity contribution in [2.45, 2.75) is 32.5 Å². The van der Waals surface area contributed by atoms with Gasteiger partial charge in [0.15, 0.2) is 5.69 Å². The van der Waals surface area contributed by atoms with Crippen molar-refractivity contribution in [1.29, 1.82) is 0 Å². The van der Waals surface area contributed by atoms with Crippen LogP contribution < -0.4 is 10.2 Å². The molecule has 1 N–H and O–H groups in total. The first-order chi connectivity index (χ1) is 12.0. The van der Waals surface area contributed by atoms with Gasteiger partial charge in [-0.3, -0.25) is 14.5 Å². The third-order valence-electron chi connectivity index (χ3n) is 3.13. The van der Waals surface area contributed by atoms with Gasteiger partial charge in [-0.05, 0) is 50.5 Å². The molecule has 2 amide bonds. The van der Waals surface area contributed by atoms with Crippen LogP contribution in [0.5, 0.6) is 0 Å². The molecule has 140 valence electrons. The second-order valence-corrected chi connectivity index (χ2v) is 7.14. The van der Waals surface area contributed by atoms with E-state index in [1.165, 1.54) is 17.5 Å². The number of amides is 2. The molecule has 1 aromatic heterocycles. The Kier molecular flexibility index (Phi) is 5.65. The Labute approximate surface area is 152 Å². The second-order valence-electron chi connectivity index (χ2n) is 6.53. The number of nitrogens with one attached hydrogen (secondary N) is 1. The minimum atomic E-state index is -4.57. The molecule has 0 spiro atoms. The first-order valence-corrected chi connectivity index (χ1v) is 8.38. The lowest BCUT2D eigenvalue weighted by molar-refractivity contribution is -0.137. The molecule has 0 atom stereocenters. The SMILES string of the molecule is CC(C)(C)NC(=O)CN(C(=O)c1csnn1)c1cccc(C(F)(F)F)c1. The van der Waals surface area contributed by atoms with Crippen molar-refractivity contribution in [1.82, 2.24) is 14.9 Å². The predicted molar refractivity (Wildman–Crippen MR) is 90.9 cm³/mol. The van der Waals surface area contributed by atoms with E-state index in [1.54, 1.807) is 20.8 Å². The van der Waals surface area contributed by atoms with Crippen LogP contribution in [0.15, 0.2) is 29.6 Å². The van der Waals surface area contributed by atoms with Crippen molar-refractivity contribution in [2.75, 3.05) is 11.4 Å². The number of carbonyl (C=O) groups is 2. The summed E-state index contributed by atoms with van der Waals surface area (Å²) in [5, 5.41) is 7.68. The quantitative estimate of drug-likeness (QED) is 0.876. The van der Waals surface area contributed by atoms with Crippen LogP contribution in [0.1, 0.15) is 36.8 Å². The summed E-state index contributed by atoms with van der Waals surface area (Å²) in [7, 11) is 0. The van der Waals surface area contributed by atoms with E-state index < -0.39 is 35.6 Å². The zero-order valence-corrected chi connectivity index (χ0v) is 15.1. The van der Waals surface area contributed by atoms with Gasteiger partial charge in [0.1, 0.15) is 6.54 Å². The fourth-order valence-electron chi connectivity index (χ4n) is 2.13. The summed E-state index contributed by atoms with van der Waals surface area (Å²) < 4.78 is 42.5. The molecular weight excluding hydrogens is 369 g/mol. The lowest BCUT2D eigenvalue weighted by Gasteiger charge is -2.26. The zero-order chi connectivity index (χ0) is 19.5. The molecule has 6 nitrogen and oxygen atoms in total. The summed E-state index contributed by atoms with van der Waals surface area (Å²) in [4.78, 5) is 25.8. The van der Waals surface area contributed by atoms with Gasteiger partial charge in [0, 0.05) is 16.6 Å². The van der Waals surface area contributed by atoms with E-state index in [0.29, 0.717) is 0 Å². The number of carbonyl (C=O) groups excluding carboxylic acids is 2. The smallest absolute Gasteiger partial charge is 0.350 e. The number of hydrogen-bond donors (Lipinski definition) is 1. The normalized spacial score (nSPS) is 11.9. The fourth-order valence-corrected chi connectivity index (χ4v) is 2.56. The first-order valence-electron chi connectivity index (χ1n) is 7.54. The van der Waals surface area contributed by atoms with Crippen molar-refractivity contribution in [3.8, 4) is 0 Å². The van der Waals surface area contributed by atoms with Crippen LogP contribution in [0.25, 0.3) is 0 Å². The Morgan fingerprint density at radius 3 is 2.46 bits per heavy atom. The number of benzene rings is 1. The highest BCUT2D eigenvalue weighted by Gasteiger charge is 2.32. The topological polar surface area (TPSA) is 75.2 Å². The molecule has 2 rings (SSSR count). The van der Waals surface area contributed by atoms with Crippen LogP contribution >= 0.6 is 11.5 Å². The average Bonchev–Trinajstić information content (AvgIpc) is 3.04. The molecule has 0 unspecified atom stereocenters. The van der Waals surface area contributed by atoms with Gasteiger partial charge in [-0.25, -0.2) is 0 Å². The van der Waals surface area contributed by atoms with Crippen molar-refractivity contribution in [3.63, 3.8) is 0 Å². The molecule has 10 heteroatoms. The van der Waals surface area contributed by atoms with Gasteiger partial charge in [-0.15, -0.1) is 5.10 Å². The summed E-state index contributed by atoms with van der Waals surface area (Å²) in [6.45, 7) is 4.82. The maximum absolute atomic E-state index is 13.0. The summed E-state index contributed by atoms with van der Waals surface area (Å²) in [6, 6.07) is 4.23. The van der Waals surface area contributed by atoms with Crippen LogP contribution in [0.4, 0.5) is 18.9 Å². The Balaban J connectivity index is 2.38. The third kappa shape index (κ3) is 5.25. The third-order valence-corrected chi connectivity index (χ3v) is 3.63. The van der Waals surface area contributed by atoms with E-state index in [4.69, 9.17) is 0 Å². The van der Waals surface area contributed by atoms with Gasteiger partial charge >= 0.3 is 6.18 Å². The Morgan fingerprint density at radius 2 is 1.92 bits per heavy atom. The monoisotopic (exact) mass is 386 g/mol. The van der Waals surface area contributed by atoms with Crippen LogP contribution in [0, 0.1) is 0 Å². The minimum absolute atomic E-state index is 0.0454. The number of halogens is 3. The summed E-state index contributed by atoms with van der Waals surface area (Å²) in [5.41, 5.74) is -1.57. The van der Waals surface area contributed by atoms with Gasteiger partial charge < -0.3 is 5.32 Å².